The van der Waals surface area contributed by atoms with Gasteiger partial charge in [-0.2, -0.15) is 0 Å². The molecule has 268 valence electrons. The summed E-state index contributed by atoms with van der Waals surface area (Å²) in [6, 6.07) is 1.91. The van der Waals surface area contributed by atoms with Crippen LogP contribution >= 0.6 is 0 Å². The van der Waals surface area contributed by atoms with Gasteiger partial charge in [0.05, 0.1) is 0 Å². The number of hydrogen-bond acceptors (Lipinski definition) is 6. The zero-order valence-electron chi connectivity index (χ0n) is 31.2. The van der Waals surface area contributed by atoms with Crippen LogP contribution in [0.5, 0.6) is 0 Å². The first-order chi connectivity index (χ1) is 21.5. The molecule has 0 aromatic heterocycles. The lowest BCUT2D eigenvalue weighted by Crippen LogP contribution is -2.45. The summed E-state index contributed by atoms with van der Waals surface area (Å²) in [4.78, 5) is 0. The summed E-state index contributed by atoms with van der Waals surface area (Å²) in [5.41, 5.74) is 0. The van der Waals surface area contributed by atoms with E-state index in [4.69, 9.17) is 26.6 Å². The second kappa shape index (κ2) is 36.0. The molecule has 6 nitrogen and oxygen atoms in total. The molecule has 0 bridgehead atoms. The first-order valence-corrected chi connectivity index (χ1v) is 22.9. The second-order valence-electron chi connectivity index (χ2n) is 12.2. The molecule has 8 heteroatoms. The van der Waals surface area contributed by atoms with Crippen molar-refractivity contribution in [3.8, 4) is 0 Å². The SMILES string of the molecule is CCCCCCCCCCCCCC[Si](OC)(OC)OC.CCCCCCCCCCCCC[Si](OCC)(OCC)OCC. The Morgan fingerprint density at radius 2 is 0.523 bits per heavy atom. The molecular formula is C36H80O6Si2. The smallest absolute Gasteiger partial charge is 0.377 e. The van der Waals surface area contributed by atoms with Gasteiger partial charge in [-0.1, -0.05) is 149 Å². The highest BCUT2D eigenvalue weighted by atomic mass is 28.4. The second-order valence-corrected chi connectivity index (χ2v) is 18.0. The van der Waals surface area contributed by atoms with Crippen molar-refractivity contribution in [2.24, 2.45) is 0 Å². The molecule has 0 fully saturated rings. The van der Waals surface area contributed by atoms with Crippen molar-refractivity contribution in [3.63, 3.8) is 0 Å². The largest absolute Gasteiger partial charge is 0.500 e. The van der Waals surface area contributed by atoms with E-state index in [9.17, 15) is 0 Å². The summed E-state index contributed by atoms with van der Waals surface area (Å²) >= 11 is 0. The first-order valence-electron chi connectivity index (χ1n) is 19.1. The molecule has 0 aliphatic carbocycles. The fourth-order valence-electron chi connectivity index (χ4n) is 5.75. The highest BCUT2D eigenvalue weighted by Gasteiger charge is 2.39. The maximum Gasteiger partial charge on any atom is 0.500 e. The molecule has 0 N–H and O–H groups in total. The van der Waals surface area contributed by atoms with Crippen molar-refractivity contribution in [1.82, 2.24) is 0 Å². The van der Waals surface area contributed by atoms with Crippen LogP contribution in [-0.4, -0.2) is 58.8 Å². The molecule has 0 aliphatic heterocycles. The predicted octanol–water partition coefficient (Wildman–Crippen LogP) is 11.9. The quantitative estimate of drug-likeness (QED) is 0.0504. The van der Waals surface area contributed by atoms with Gasteiger partial charge in [0.25, 0.3) is 0 Å². The average Bonchev–Trinajstić information content (AvgIpc) is 3.03. The van der Waals surface area contributed by atoms with Crippen molar-refractivity contribution in [2.45, 2.75) is 194 Å². The van der Waals surface area contributed by atoms with E-state index < -0.39 is 17.6 Å². The molecule has 0 saturated heterocycles. The minimum Gasteiger partial charge on any atom is -0.377 e. The van der Waals surface area contributed by atoms with E-state index in [2.05, 4.69) is 13.8 Å². The van der Waals surface area contributed by atoms with Crippen molar-refractivity contribution < 1.29 is 26.6 Å². The average molecular weight is 665 g/mol. The van der Waals surface area contributed by atoms with Gasteiger partial charge in [-0.25, -0.2) is 0 Å². The maximum absolute atomic E-state index is 5.90. The van der Waals surface area contributed by atoms with E-state index in [1.807, 2.05) is 20.8 Å². The van der Waals surface area contributed by atoms with Crippen LogP contribution in [0.3, 0.4) is 0 Å². The molecular weight excluding hydrogens is 585 g/mol. The Kier molecular flexibility index (Phi) is 37.9. The molecule has 0 rings (SSSR count). The Bertz CT molecular complexity index is 511. The van der Waals surface area contributed by atoms with E-state index >= 15 is 0 Å². The third kappa shape index (κ3) is 28.4. The van der Waals surface area contributed by atoms with Gasteiger partial charge in [-0.3, -0.25) is 0 Å². The third-order valence-corrected chi connectivity index (χ3v) is 14.4. The highest BCUT2D eigenvalue weighted by Crippen LogP contribution is 2.21. The van der Waals surface area contributed by atoms with Crippen LogP contribution in [0.2, 0.25) is 12.1 Å². The predicted molar refractivity (Wildman–Crippen MR) is 195 cm³/mol. The zero-order chi connectivity index (χ0) is 33.0. The molecule has 0 spiro atoms. The van der Waals surface area contributed by atoms with E-state index in [0.717, 1.165) is 18.5 Å². The van der Waals surface area contributed by atoms with Crippen LogP contribution in [0.25, 0.3) is 0 Å². The van der Waals surface area contributed by atoms with Crippen LogP contribution in [0.15, 0.2) is 0 Å². The molecule has 0 atom stereocenters. The lowest BCUT2D eigenvalue weighted by atomic mass is 10.1. The van der Waals surface area contributed by atoms with Crippen molar-refractivity contribution >= 4 is 17.6 Å². The molecule has 44 heavy (non-hydrogen) atoms. The molecule has 0 aromatic rings. The Balaban J connectivity index is 0. The standard InChI is InChI=1S/C19H42O3Si.C17H38O3Si/c1-5-9-10-11-12-13-14-15-16-17-18-19-23(20-6-2,21-7-3)22-8-4;1-5-6-7-8-9-10-11-12-13-14-15-16-17-21(18-2,19-3)20-4/h5-19H2,1-4H3;5-17H2,1-4H3. The fraction of sp³-hybridized carbons (Fsp3) is 1.00. The van der Waals surface area contributed by atoms with Gasteiger partial charge in [0.15, 0.2) is 0 Å². The normalized spacial score (nSPS) is 12.0. The minimum absolute atomic E-state index is 0.685. The lowest BCUT2D eigenvalue weighted by Gasteiger charge is -2.28. The van der Waals surface area contributed by atoms with Crippen LogP contribution in [0.4, 0.5) is 0 Å². The van der Waals surface area contributed by atoms with Crippen LogP contribution in [-0.2, 0) is 26.6 Å². The van der Waals surface area contributed by atoms with Gasteiger partial charge in [-0.15, -0.1) is 0 Å². The first kappa shape index (κ1) is 46.3. The maximum atomic E-state index is 5.90. The Morgan fingerprint density at radius 1 is 0.295 bits per heavy atom. The van der Waals surface area contributed by atoms with Gasteiger partial charge in [0.2, 0.25) is 0 Å². The third-order valence-electron chi connectivity index (χ3n) is 8.45. The molecule has 0 heterocycles. The molecule has 0 aromatic carbocycles. The summed E-state index contributed by atoms with van der Waals surface area (Å²) < 4.78 is 34.0. The van der Waals surface area contributed by atoms with E-state index in [1.54, 1.807) is 21.3 Å². The van der Waals surface area contributed by atoms with Crippen LogP contribution in [0, 0.1) is 0 Å². The van der Waals surface area contributed by atoms with E-state index in [-0.39, 0.29) is 0 Å². The molecule has 0 unspecified atom stereocenters. The summed E-state index contributed by atoms with van der Waals surface area (Å²) in [6.45, 7) is 12.7. The van der Waals surface area contributed by atoms with Gasteiger partial charge in [0, 0.05) is 53.2 Å². The minimum atomic E-state index is -2.39. The fourth-order valence-corrected chi connectivity index (χ4v) is 10.2. The summed E-state index contributed by atoms with van der Waals surface area (Å²) in [6.07, 6.45) is 31.4. The van der Waals surface area contributed by atoms with Gasteiger partial charge < -0.3 is 26.6 Å². The van der Waals surface area contributed by atoms with Gasteiger partial charge in [0.1, 0.15) is 0 Å². The summed E-state index contributed by atoms with van der Waals surface area (Å²) in [5, 5.41) is 0. The Morgan fingerprint density at radius 3 is 0.750 bits per heavy atom. The van der Waals surface area contributed by atoms with Crippen molar-refractivity contribution in [3.05, 3.63) is 0 Å². The van der Waals surface area contributed by atoms with Crippen LogP contribution in [0.1, 0.15) is 182 Å². The van der Waals surface area contributed by atoms with Gasteiger partial charge in [-0.05, 0) is 33.6 Å². The number of hydrogen-bond donors (Lipinski definition) is 0. The van der Waals surface area contributed by atoms with Gasteiger partial charge >= 0.3 is 17.6 Å². The Hall–Kier alpha value is 0.194. The summed E-state index contributed by atoms with van der Waals surface area (Å²) in [5.74, 6) is 0. The lowest BCUT2D eigenvalue weighted by molar-refractivity contribution is 0.0706. The molecule has 0 aliphatic rings. The highest BCUT2D eigenvalue weighted by molar-refractivity contribution is 6.61. The Labute approximate surface area is 279 Å². The number of unbranched alkanes of at least 4 members (excludes halogenated alkanes) is 21. The summed E-state index contributed by atoms with van der Waals surface area (Å²) in [7, 11) is 0.378. The van der Waals surface area contributed by atoms with Crippen LogP contribution < -0.4 is 0 Å². The zero-order valence-corrected chi connectivity index (χ0v) is 33.2. The number of rotatable bonds is 34. The van der Waals surface area contributed by atoms with Crippen molar-refractivity contribution in [2.75, 3.05) is 41.2 Å². The monoisotopic (exact) mass is 665 g/mol. The molecule has 0 radical (unpaired) electrons. The topological polar surface area (TPSA) is 55.4 Å². The van der Waals surface area contributed by atoms with E-state index in [1.165, 1.54) is 141 Å². The van der Waals surface area contributed by atoms with Crippen molar-refractivity contribution in [1.29, 1.82) is 0 Å². The van der Waals surface area contributed by atoms with E-state index in [0.29, 0.717) is 19.8 Å². The molecule has 0 saturated carbocycles. The molecule has 0 amide bonds.